The number of hydrogen-bond acceptors (Lipinski definition) is 2. The SMILES string of the molecule is CNCCCNCCc1ccccc1Cl. The fraction of sp³-hybridized carbons (Fsp3) is 0.500. The molecule has 0 aliphatic carbocycles. The smallest absolute Gasteiger partial charge is 0.0438 e. The van der Waals surface area contributed by atoms with Crippen LogP contribution in [-0.2, 0) is 6.42 Å². The lowest BCUT2D eigenvalue weighted by Gasteiger charge is -2.05. The summed E-state index contributed by atoms with van der Waals surface area (Å²) in [5, 5.41) is 7.39. The van der Waals surface area contributed by atoms with Crippen LogP contribution in [0.4, 0.5) is 0 Å². The predicted molar refractivity (Wildman–Crippen MR) is 66.6 cm³/mol. The van der Waals surface area contributed by atoms with Gasteiger partial charge in [-0.1, -0.05) is 29.8 Å². The molecule has 0 fully saturated rings. The lowest BCUT2D eigenvalue weighted by Crippen LogP contribution is -2.22. The molecule has 0 amide bonds. The van der Waals surface area contributed by atoms with Gasteiger partial charge in [-0.2, -0.15) is 0 Å². The van der Waals surface area contributed by atoms with Gasteiger partial charge in [0.25, 0.3) is 0 Å². The molecule has 0 radical (unpaired) electrons. The van der Waals surface area contributed by atoms with E-state index in [0.717, 1.165) is 31.1 Å². The largest absolute Gasteiger partial charge is 0.320 e. The van der Waals surface area contributed by atoms with Crippen LogP contribution in [0.5, 0.6) is 0 Å². The Morgan fingerprint density at radius 2 is 1.93 bits per heavy atom. The third kappa shape index (κ3) is 5.17. The van der Waals surface area contributed by atoms with Crippen molar-refractivity contribution in [2.24, 2.45) is 0 Å². The monoisotopic (exact) mass is 226 g/mol. The molecule has 0 aliphatic rings. The second-order valence-electron chi connectivity index (χ2n) is 3.55. The van der Waals surface area contributed by atoms with Gasteiger partial charge in [-0.05, 0) is 51.2 Å². The van der Waals surface area contributed by atoms with Crippen LogP contribution in [-0.4, -0.2) is 26.7 Å². The molecule has 3 heteroatoms. The molecule has 0 saturated heterocycles. The van der Waals surface area contributed by atoms with Gasteiger partial charge >= 0.3 is 0 Å². The third-order valence-corrected chi connectivity index (χ3v) is 2.68. The molecular weight excluding hydrogens is 208 g/mol. The highest BCUT2D eigenvalue weighted by atomic mass is 35.5. The highest BCUT2D eigenvalue weighted by molar-refractivity contribution is 6.31. The minimum absolute atomic E-state index is 0.870. The van der Waals surface area contributed by atoms with Crippen molar-refractivity contribution in [1.82, 2.24) is 10.6 Å². The highest BCUT2D eigenvalue weighted by Crippen LogP contribution is 2.14. The first-order valence-corrected chi connectivity index (χ1v) is 5.81. The minimum atomic E-state index is 0.870. The van der Waals surface area contributed by atoms with Gasteiger partial charge in [-0.3, -0.25) is 0 Å². The van der Waals surface area contributed by atoms with Crippen LogP contribution < -0.4 is 10.6 Å². The van der Waals surface area contributed by atoms with Crippen LogP contribution in [0.3, 0.4) is 0 Å². The normalized spacial score (nSPS) is 10.5. The molecule has 1 aromatic rings. The van der Waals surface area contributed by atoms with Crippen molar-refractivity contribution < 1.29 is 0 Å². The Labute approximate surface area is 97.0 Å². The Balaban J connectivity index is 2.12. The molecule has 0 spiro atoms. The fourth-order valence-electron chi connectivity index (χ4n) is 1.44. The first-order valence-electron chi connectivity index (χ1n) is 5.43. The molecule has 0 heterocycles. The molecule has 1 aromatic carbocycles. The van der Waals surface area contributed by atoms with Gasteiger partial charge in [0.1, 0.15) is 0 Å². The maximum Gasteiger partial charge on any atom is 0.0438 e. The number of rotatable bonds is 7. The zero-order valence-electron chi connectivity index (χ0n) is 9.22. The van der Waals surface area contributed by atoms with Gasteiger partial charge in [-0.15, -0.1) is 0 Å². The van der Waals surface area contributed by atoms with Gasteiger partial charge < -0.3 is 10.6 Å². The topological polar surface area (TPSA) is 24.1 Å². The van der Waals surface area contributed by atoms with E-state index in [1.807, 2.05) is 25.2 Å². The van der Waals surface area contributed by atoms with E-state index in [9.17, 15) is 0 Å². The van der Waals surface area contributed by atoms with Gasteiger partial charge in [-0.25, -0.2) is 0 Å². The molecule has 0 bridgehead atoms. The molecule has 15 heavy (non-hydrogen) atoms. The van der Waals surface area contributed by atoms with Crippen LogP contribution in [0.25, 0.3) is 0 Å². The Morgan fingerprint density at radius 1 is 1.13 bits per heavy atom. The van der Waals surface area contributed by atoms with Crippen LogP contribution in [0.1, 0.15) is 12.0 Å². The van der Waals surface area contributed by atoms with E-state index >= 15 is 0 Å². The maximum absolute atomic E-state index is 6.05. The van der Waals surface area contributed by atoms with Gasteiger partial charge in [0.2, 0.25) is 0 Å². The third-order valence-electron chi connectivity index (χ3n) is 2.31. The summed E-state index contributed by atoms with van der Waals surface area (Å²) in [4.78, 5) is 0. The maximum atomic E-state index is 6.05. The van der Waals surface area contributed by atoms with E-state index in [-0.39, 0.29) is 0 Å². The average Bonchev–Trinajstić information content (AvgIpc) is 2.25. The fourth-order valence-corrected chi connectivity index (χ4v) is 1.67. The molecule has 0 saturated carbocycles. The zero-order chi connectivity index (χ0) is 10.9. The molecule has 0 atom stereocenters. The second-order valence-corrected chi connectivity index (χ2v) is 3.96. The van der Waals surface area contributed by atoms with E-state index in [1.165, 1.54) is 12.0 Å². The molecule has 2 nitrogen and oxygen atoms in total. The van der Waals surface area contributed by atoms with Gasteiger partial charge in [0.05, 0.1) is 0 Å². The van der Waals surface area contributed by atoms with Crippen molar-refractivity contribution >= 4 is 11.6 Å². The van der Waals surface area contributed by atoms with Crippen LogP contribution >= 0.6 is 11.6 Å². The van der Waals surface area contributed by atoms with E-state index < -0.39 is 0 Å². The molecule has 0 unspecified atom stereocenters. The summed E-state index contributed by atoms with van der Waals surface area (Å²) in [6.45, 7) is 3.12. The van der Waals surface area contributed by atoms with Gasteiger partial charge in [0, 0.05) is 5.02 Å². The molecule has 1 rings (SSSR count). The molecule has 2 N–H and O–H groups in total. The van der Waals surface area contributed by atoms with Crippen LogP contribution in [0.15, 0.2) is 24.3 Å². The summed E-state index contributed by atoms with van der Waals surface area (Å²) in [7, 11) is 1.98. The first kappa shape index (κ1) is 12.5. The number of hydrogen-bond donors (Lipinski definition) is 2. The van der Waals surface area contributed by atoms with Crippen molar-refractivity contribution in [2.45, 2.75) is 12.8 Å². The van der Waals surface area contributed by atoms with Gasteiger partial charge in [0.15, 0.2) is 0 Å². The number of benzene rings is 1. The summed E-state index contributed by atoms with van der Waals surface area (Å²) >= 11 is 6.05. The Kier molecular flexibility index (Phi) is 6.41. The Bertz CT molecular complexity index is 276. The zero-order valence-corrected chi connectivity index (χ0v) is 9.98. The number of halogens is 1. The van der Waals surface area contributed by atoms with Crippen molar-refractivity contribution in [3.05, 3.63) is 34.9 Å². The highest BCUT2D eigenvalue weighted by Gasteiger charge is 1.97. The molecule has 84 valence electrons. The van der Waals surface area contributed by atoms with E-state index in [1.54, 1.807) is 0 Å². The van der Waals surface area contributed by atoms with Crippen LogP contribution in [0, 0.1) is 0 Å². The summed E-state index contributed by atoms with van der Waals surface area (Å²) in [6.07, 6.45) is 2.16. The van der Waals surface area contributed by atoms with E-state index in [2.05, 4.69) is 16.7 Å². The van der Waals surface area contributed by atoms with E-state index in [0.29, 0.717) is 0 Å². The van der Waals surface area contributed by atoms with Crippen molar-refractivity contribution in [3.63, 3.8) is 0 Å². The second kappa shape index (κ2) is 7.69. The van der Waals surface area contributed by atoms with Crippen molar-refractivity contribution in [1.29, 1.82) is 0 Å². The first-order chi connectivity index (χ1) is 7.34. The Hall–Kier alpha value is -0.570. The minimum Gasteiger partial charge on any atom is -0.320 e. The molecule has 0 aromatic heterocycles. The summed E-state index contributed by atoms with van der Waals surface area (Å²) in [5.41, 5.74) is 1.22. The van der Waals surface area contributed by atoms with E-state index in [4.69, 9.17) is 11.6 Å². The van der Waals surface area contributed by atoms with Crippen LogP contribution in [0.2, 0.25) is 5.02 Å². The summed E-state index contributed by atoms with van der Waals surface area (Å²) in [5.74, 6) is 0. The standard InChI is InChI=1S/C12H19ClN2/c1-14-8-4-9-15-10-7-11-5-2-3-6-12(11)13/h2-3,5-6,14-15H,4,7-10H2,1H3. The lowest BCUT2D eigenvalue weighted by atomic mass is 10.1. The lowest BCUT2D eigenvalue weighted by molar-refractivity contribution is 0.625. The molecule has 0 aliphatic heterocycles. The summed E-state index contributed by atoms with van der Waals surface area (Å²) in [6, 6.07) is 8.02. The summed E-state index contributed by atoms with van der Waals surface area (Å²) < 4.78 is 0. The average molecular weight is 227 g/mol. The van der Waals surface area contributed by atoms with Crippen molar-refractivity contribution in [3.8, 4) is 0 Å². The quantitative estimate of drug-likeness (QED) is 0.696. The number of nitrogens with one attached hydrogen (secondary N) is 2. The Morgan fingerprint density at radius 3 is 2.67 bits per heavy atom. The molecular formula is C12H19ClN2. The van der Waals surface area contributed by atoms with Crippen molar-refractivity contribution in [2.75, 3.05) is 26.7 Å². The predicted octanol–water partition coefficient (Wildman–Crippen LogP) is 2.08.